The average Bonchev–Trinajstić information content (AvgIpc) is 3.53. The zero-order valence-electron chi connectivity index (χ0n) is 22.9. The molecule has 3 saturated heterocycles. The Hall–Kier alpha value is -3.80. The molecule has 0 spiro atoms. The van der Waals surface area contributed by atoms with E-state index in [9.17, 15) is 9.90 Å². The number of pyridine rings is 1. The molecule has 8 heteroatoms. The van der Waals surface area contributed by atoms with Crippen molar-refractivity contribution in [1.29, 1.82) is 0 Å². The zero-order valence-corrected chi connectivity index (χ0v) is 22.9. The van der Waals surface area contributed by atoms with Crippen molar-refractivity contribution in [3.05, 3.63) is 53.1 Å². The van der Waals surface area contributed by atoms with E-state index in [0.29, 0.717) is 48.4 Å². The highest BCUT2D eigenvalue weighted by Crippen LogP contribution is 2.39. The quantitative estimate of drug-likeness (QED) is 0.483. The van der Waals surface area contributed by atoms with Gasteiger partial charge in [0.1, 0.15) is 18.2 Å². The lowest BCUT2D eigenvalue weighted by molar-refractivity contribution is -0.118. The summed E-state index contributed by atoms with van der Waals surface area (Å²) >= 11 is 0. The molecule has 0 radical (unpaired) electrons. The van der Waals surface area contributed by atoms with E-state index >= 15 is 0 Å². The lowest BCUT2D eigenvalue weighted by Crippen LogP contribution is -2.52. The first-order valence-electron chi connectivity index (χ1n) is 14.4. The van der Waals surface area contributed by atoms with Gasteiger partial charge in [-0.05, 0) is 62.4 Å². The minimum atomic E-state index is -0.0337. The number of carbonyl (C=O) groups is 1. The maximum Gasteiger partial charge on any atom is 0.231 e. The SMILES string of the molecule is C#Cc1cccc2cc(O)cc(N3Cc4cc(OC[C@@H]5CCCN5C)nc(N5CC6CCC(C5)N6)c4CC3=O)c12. The van der Waals surface area contributed by atoms with Crippen molar-refractivity contribution in [3.63, 3.8) is 0 Å². The number of benzene rings is 2. The summed E-state index contributed by atoms with van der Waals surface area (Å²) < 4.78 is 6.36. The van der Waals surface area contributed by atoms with Gasteiger partial charge in [-0.25, -0.2) is 0 Å². The maximum atomic E-state index is 13.8. The van der Waals surface area contributed by atoms with Crippen molar-refractivity contribution in [3.8, 4) is 24.0 Å². The fraction of sp³-hybridized carbons (Fsp3) is 0.438. The summed E-state index contributed by atoms with van der Waals surface area (Å²) in [5.41, 5.74) is 3.34. The Labute approximate surface area is 234 Å². The van der Waals surface area contributed by atoms with Gasteiger partial charge < -0.3 is 29.9 Å². The third-order valence-corrected chi connectivity index (χ3v) is 9.13. The number of anilines is 2. The van der Waals surface area contributed by atoms with Crippen LogP contribution in [0, 0.1) is 12.3 Å². The number of rotatable bonds is 5. The molecule has 0 aliphatic carbocycles. The minimum Gasteiger partial charge on any atom is -0.508 e. The Balaban J connectivity index is 1.29. The number of piperazine rings is 1. The normalized spacial score (nSPS) is 24.4. The Bertz CT molecular complexity index is 1520. The van der Waals surface area contributed by atoms with Crippen molar-refractivity contribution in [2.24, 2.45) is 0 Å². The predicted octanol–water partition coefficient (Wildman–Crippen LogP) is 3.42. The molecule has 2 bridgehead atoms. The molecule has 3 atom stereocenters. The Morgan fingerprint density at radius 3 is 2.75 bits per heavy atom. The molecule has 1 aromatic heterocycles. The van der Waals surface area contributed by atoms with Gasteiger partial charge in [-0.3, -0.25) is 4.79 Å². The van der Waals surface area contributed by atoms with Gasteiger partial charge >= 0.3 is 0 Å². The van der Waals surface area contributed by atoms with Gasteiger partial charge in [-0.1, -0.05) is 18.1 Å². The number of aromatic nitrogens is 1. The van der Waals surface area contributed by atoms with Crippen LogP contribution in [-0.2, 0) is 17.8 Å². The highest BCUT2D eigenvalue weighted by Gasteiger charge is 2.36. The first-order valence-corrected chi connectivity index (χ1v) is 14.4. The van der Waals surface area contributed by atoms with Crippen LogP contribution in [0.25, 0.3) is 10.8 Å². The van der Waals surface area contributed by atoms with Crippen LogP contribution in [0.2, 0.25) is 0 Å². The number of phenols is 1. The van der Waals surface area contributed by atoms with Crippen molar-refractivity contribution < 1.29 is 14.6 Å². The van der Waals surface area contributed by atoms with Gasteiger partial charge in [-0.2, -0.15) is 4.98 Å². The van der Waals surface area contributed by atoms with Gasteiger partial charge in [0.2, 0.25) is 11.8 Å². The number of phenolic OH excluding ortho intramolecular Hbond substituents is 1. The van der Waals surface area contributed by atoms with Crippen molar-refractivity contribution >= 4 is 28.2 Å². The zero-order chi connectivity index (χ0) is 27.4. The number of nitrogens with zero attached hydrogens (tertiary/aromatic N) is 4. The first-order chi connectivity index (χ1) is 19.5. The molecular formula is C32H35N5O3. The lowest BCUT2D eigenvalue weighted by atomic mass is 9.96. The molecule has 1 amide bonds. The number of terminal acetylenes is 1. The smallest absolute Gasteiger partial charge is 0.231 e. The number of hydrogen-bond donors (Lipinski definition) is 2. The molecule has 40 heavy (non-hydrogen) atoms. The maximum absolute atomic E-state index is 13.8. The fourth-order valence-corrected chi connectivity index (χ4v) is 7.04. The van der Waals surface area contributed by atoms with Crippen LogP contribution in [-0.4, -0.2) is 72.3 Å². The van der Waals surface area contributed by atoms with E-state index in [-0.39, 0.29) is 18.1 Å². The van der Waals surface area contributed by atoms with E-state index in [0.717, 1.165) is 53.8 Å². The predicted molar refractivity (Wildman–Crippen MR) is 156 cm³/mol. The monoisotopic (exact) mass is 537 g/mol. The third-order valence-electron chi connectivity index (χ3n) is 9.13. The van der Waals surface area contributed by atoms with Gasteiger partial charge in [0.25, 0.3) is 0 Å². The van der Waals surface area contributed by atoms with Crippen LogP contribution < -0.4 is 19.9 Å². The van der Waals surface area contributed by atoms with Crippen LogP contribution >= 0.6 is 0 Å². The van der Waals surface area contributed by atoms with Gasteiger partial charge in [0, 0.05) is 59.9 Å². The number of likely N-dealkylation sites (tertiary alicyclic amines) is 1. The highest BCUT2D eigenvalue weighted by molar-refractivity contribution is 6.08. The topological polar surface area (TPSA) is 81.2 Å². The van der Waals surface area contributed by atoms with E-state index in [2.05, 4.69) is 28.1 Å². The van der Waals surface area contributed by atoms with Crippen LogP contribution in [0.3, 0.4) is 0 Å². The Kier molecular flexibility index (Phi) is 6.29. The largest absolute Gasteiger partial charge is 0.508 e. The summed E-state index contributed by atoms with van der Waals surface area (Å²) in [6.07, 6.45) is 10.7. The van der Waals surface area contributed by atoms with E-state index in [1.54, 1.807) is 17.0 Å². The highest BCUT2D eigenvalue weighted by atomic mass is 16.5. The molecule has 7 rings (SSSR count). The molecule has 3 aromatic rings. The molecule has 8 nitrogen and oxygen atoms in total. The lowest BCUT2D eigenvalue weighted by Gasteiger charge is -2.37. The van der Waals surface area contributed by atoms with E-state index < -0.39 is 0 Å². The van der Waals surface area contributed by atoms with Gasteiger partial charge in [-0.15, -0.1) is 6.42 Å². The van der Waals surface area contributed by atoms with Gasteiger partial charge in [0.15, 0.2) is 0 Å². The van der Waals surface area contributed by atoms with Crippen LogP contribution in [0.15, 0.2) is 36.4 Å². The second-order valence-corrected chi connectivity index (χ2v) is 11.7. The summed E-state index contributed by atoms with van der Waals surface area (Å²) in [6.45, 7) is 3.81. The molecule has 4 aliphatic rings. The molecule has 4 aliphatic heterocycles. The number of ether oxygens (including phenoxy) is 1. The molecule has 206 valence electrons. The van der Waals surface area contributed by atoms with E-state index in [1.807, 2.05) is 24.3 Å². The summed E-state index contributed by atoms with van der Waals surface area (Å²) in [6, 6.07) is 12.3. The number of hydrogen-bond acceptors (Lipinski definition) is 7. The summed E-state index contributed by atoms with van der Waals surface area (Å²) in [7, 11) is 2.15. The minimum absolute atomic E-state index is 0.0337. The summed E-state index contributed by atoms with van der Waals surface area (Å²) in [5.74, 6) is 4.32. The molecule has 0 saturated carbocycles. The summed E-state index contributed by atoms with van der Waals surface area (Å²) in [4.78, 5) is 25.3. The molecule has 2 unspecified atom stereocenters. The molecule has 2 aromatic carbocycles. The van der Waals surface area contributed by atoms with Crippen molar-refractivity contribution in [1.82, 2.24) is 15.2 Å². The Morgan fingerprint density at radius 1 is 1.18 bits per heavy atom. The van der Waals surface area contributed by atoms with Crippen LogP contribution in [0.5, 0.6) is 11.6 Å². The summed E-state index contributed by atoms with van der Waals surface area (Å²) in [5, 5.41) is 15.9. The second-order valence-electron chi connectivity index (χ2n) is 11.7. The first kappa shape index (κ1) is 25.2. The molecular weight excluding hydrogens is 502 g/mol. The van der Waals surface area contributed by atoms with E-state index in [4.69, 9.17) is 16.1 Å². The van der Waals surface area contributed by atoms with Gasteiger partial charge in [0.05, 0.1) is 18.7 Å². The average molecular weight is 538 g/mol. The van der Waals surface area contributed by atoms with Crippen molar-refractivity contribution in [2.75, 3.05) is 43.1 Å². The Morgan fingerprint density at radius 2 is 2.00 bits per heavy atom. The van der Waals surface area contributed by atoms with Crippen molar-refractivity contribution in [2.45, 2.75) is 56.8 Å². The molecule has 3 fully saturated rings. The fourth-order valence-electron chi connectivity index (χ4n) is 7.04. The molecule has 5 heterocycles. The number of amides is 1. The number of fused-ring (bicyclic) bond motifs is 4. The standard InChI is InChI=1S/C32H35N5O3/c1-3-20-6-4-7-21-12-26(38)14-28(31(20)21)37-16-22-13-29(40-19-25-8-5-11-35(25)2)34-32(27(22)15-30(37)39)36-17-23-9-10-24(18-36)33-23/h1,4,6-7,12-14,23-25,33,38H,5,8-11,15-19H2,2H3/t23?,24?,25-/m0/s1. The number of likely N-dealkylation sites (N-methyl/N-ethyl adjacent to an activating group) is 1. The number of nitrogens with one attached hydrogen (secondary N) is 1. The van der Waals surface area contributed by atoms with E-state index in [1.165, 1.54) is 19.3 Å². The van der Waals surface area contributed by atoms with Crippen LogP contribution in [0.1, 0.15) is 42.4 Å². The van der Waals surface area contributed by atoms with Crippen LogP contribution in [0.4, 0.5) is 11.5 Å². The molecule has 2 N–H and O–H groups in total. The number of aromatic hydroxyl groups is 1. The second kappa shape index (κ2) is 9.99. The third kappa shape index (κ3) is 4.43. The number of carbonyl (C=O) groups excluding carboxylic acids is 1.